The van der Waals surface area contributed by atoms with Gasteiger partial charge in [0.05, 0.1) is 31.5 Å². The number of nitrogens with zero attached hydrogens (tertiary/aromatic N) is 3. The normalized spacial score (nSPS) is 21.8. The lowest BCUT2D eigenvalue weighted by Crippen LogP contribution is -2.35. The van der Waals surface area contributed by atoms with Crippen LogP contribution in [0.25, 0.3) is 0 Å². The zero-order valence-electron chi connectivity index (χ0n) is 17.2. The summed E-state index contributed by atoms with van der Waals surface area (Å²) in [6, 6.07) is 7.99. The van der Waals surface area contributed by atoms with Gasteiger partial charge in [0.25, 0.3) is 0 Å². The number of fused-ring (bicyclic) bond motifs is 1. The molecule has 2 N–H and O–H groups in total. The molecule has 1 aliphatic heterocycles. The van der Waals surface area contributed by atoms with Crippen LogP contribution in [0.1, 0.15) is 38.4 Å². The number of rotatable bonds is 4. The third kappa shape index (κ3) is 6.19. The van der Waals surface area contributed by atoms with Crippen LogP contribution in [-0.4, -0.2) is 58.3 Å². The summed E-state index contributed by atoms with van der Waals surface area (Å²) >= 11 is 0. The monoisotopic (exact) mass is 403 g/mol. The Kier molecular flexibility index (Phi) is 8.34. The third-order valence-electron chi connectivity index (χ3n) is 5.17. The molecule has 0 amide bonds. The SMILES string of the molecule is CCCn1ccnc1CN1CC[C@H](O)[C@H](O)COCCCCOc2ccccc21. The summed E-state index contributed by atoms with van der Waals surface area (Å²) in [5, 5.41) is 20.6. The zero-order valence-corrected chi connectivity index (χ0v) is 17.2. The van der Waals surface area contributed by atoms with Crippen LogP contribution in [-0.2, 0) is 17.8 Å². The molecule has 1 aromatic heterocycles. The van der Waals surface area contributed by atoms with E-state index in [0.717, 1.165) is 43.1 Å². The highest BCUT2D eigenvalue weighted by Gasteiger charge is 2.21. The van der Waals surface area contributed by atoms with Crippen molar-refractivity contribution >= 4 is 5.69 Å². The van der Waals surface area contributed by atoms with Crippen molar-refractivity contribution in [2.24, 2.45) is 0 Å². The number of aliphatic hydroxyl groups is 2. The summed E-state index contributed by atoms with van der Waals surface area (Å²) in [5.41, 5.74) is 0.980. The molecule has 1 aliphatic rings. The second kappa shape index (κ2) is 11.2. The topological polar surface area (TPSA) is 80.0 Å². The molecule has 0 fully saturated rings. The van der Waals surface area contributed by atoms with E-state index in [-0.39, 0.29) is 6.61 Å². The van der Waals surface area contributed by atoms with E-state index in [1.54, 1.807) is 0 Å². The number of aliphatic hydroxyl groups excluding tert-OH is 2. The summed E-state index contributed by atoms with van der Waals surface area (Å²) in [4.78, 5) is 6.71. The van der Waals surface area contributed by atoms with Crippen LogP contribution in [0.3, 0.4) is 0 Å². The van der Waals surface area contributed by atoms with Gasteiger partial charge in [0.1, 0.15) is 17.7 Å². The molecule has 3 rings (SSSR count). The standard InChI is InChI=1S/C22H33N3O4/c1-2-11-24-13-10-23-22(24)16-25-12-9-19(26)20(27)17-28-14-5-6-15-29-21-8-4-3-7-18(21)25/h3-4,7-8,10,13,19-20,26-27H,2,5-6,9,11-12,14-17H2,1H3/t19-,20+/m0/s1. The van der Waals surface area contributed by atoms with Crippen LogP contribution < -0.4 is 9.64 Å². The van der Waals surface area contributed by atoms with Crippen molar-refractivity contribution in [2.45, 2.75) is 57.9 Å². The summed E-state index contributed by atoms with van der Waals surface area (Å²) in [6.45, 7) is 5.56. The number of benzene rings is 1. The van der Waals surface area contributed by atoms with Crippen molar-refractivity contribution in [3.05, 3.63) is 42.5 Å². The summed E-state index contributed by atoms with van der Waals surface area (Å²) < 4.78 is 13.7. The van der Waals surface area contributed by atoms with Crippen molar-refractivity contribution in [2.75, 3.05) is 31.3 Å². The minimum absolute atomic E-state index is 0.152. The fourth-order valence-corrected chi connectivity index (χ4v) is 3.52. The van der Waals surface area contributed by atoms with Crippen molar-refractivity contribution < 1.29 is 19.7 Å². The molecule has 2 heterocycles. The number of para-hydroxylation sites is 2. The van der Waals surface area contributed by atoms with Crippen LogP contribution in [0, 0.1) is 0 Å². The van der Waals surface area contributed by atoms with Gasteiger partial charge < -0.3 is 29.2 Å². The minimum Gasteiger partial charge on any atom is -0.491 e. The van der Waals surface area contributed by atoms with Crippen LogP contribution in [0.4, 0.5) is 5.69 Å². The summed E-state index contributed by atoms with van der Waals surface area (Å²) in [5.74, 6) is 1.80. The highest BCUT2D eigenvalue weighted by molar-refractivity contribution is 5.58. The molecule has 0 aliphatic carbocycles. The van der Waals surface area contributed by atoms with E-state index in [2.05, 4.69) is 21.4 Å². The first-order chi connectivity index (χ1) is 14.2. The highest BCUT2D eigenvalue weighted by atomic mass is 16.5. The predicted octanol–water partition coefficient (Wildman–Crippen LogP) is 2.60. The Morgan fingerprint density at radius 1 is 1.14 bits per heavy atom. The van der Waals surface area contributed by atoms with Gasteiger partial charge in [0.2, 0.25) is 0 Å². The van der Waals surface area contributed by atoms with Gasteiger partial charge in [-0.3, -0.25) is 0 Å². The first kappa shape index (κ1) is 21.6. The Hall–Kier alpha value is -2.09. The van der Waals surface area contributed by atoms with Crippen molar-refractivity contribution in [3.8, 4) is 5.75 Å². The van der Waals surface area contributed by atoms with E-state index in [4.69, 9.17) is 9.47 Å². The van der Waals surface area contributed by atoms with Crippen LogP contribution >= 0.6 is 0 Å². The number of hydrogen-bond acceptors (Lipinski definition) is 6. The van der Waals surface area contributed by atoms with Crippen molar-refractivity contribution in [1.82, 2.24) is 9.55 Å². The molecule has 0 unspecified atom stereocenters. The van der Waals surface area contributed by atoms with Crippen LogP contribution in [0.15, 0.2) is 36.7 Å². The van der Waals surface area contributed by atoms with E-state index >= 15 is 0 Å². The molecular weight excluding hydrogens is 370 g/mol. The molecule has 0 spiro atoms. The van der Waals surface area contributed by atoms with E-state index in [1.807, 2.05) is 36.7 Å². The van der Waals surface area contributed by atoms with Crippen molar-refractivity contribution in [3.63, 3.8) is 0 Å². The Balaban J connectivity index is 1.84. The Morgan fingerprint density at radius 3 is 2.83 bits per heavy atom. The van der Waals surface area contributed by atoms with Gasteiger partial charge in [-0.05, 0) is 37.8 Å². The number of anilines is 1. The quantitative estimate of drug-likeness (QED) is 0.817. The molecule has 0 saturated heterocycles. The first-order valence-electron chi connectivity index (χ1n) is 10.6. The van der Waals surface area contributed by atoms with E-state index in [0.29, 0.717) is 32.7 Å². The molecule has 7 heteroatoms. The number of imidazole rings is 1. The smallest absolute Gasteiger partial charge is 0.142 e. The molecule has 0 radical (unpaired) electrons. The molecule has 0 bridgehead atoms. The molecule has 2 atom stereocenters. The van der Waals surface area contributed by atoms with E-state index in [9.17, 15) is 10.2 Å². The fourth-order valence-electron chi connectivity index (χ4n) is 3.52. The number of aryl methyl sites for hydroxylation is 1. The lowest BCUT2D eigenvalue weighted by Gasteiger charge is -2.29. The summed E-state index contributed by atoms with van der Waals surface area (Å²) in [6.07, 6.45) is 5.28. The van der Waals surface area contributed by atoms with E-state index in [1.165, 1.54) is 0 Å². The molecular formula is C22H33N3O4. The lowest BCUT2D eigenvalue weighted by atomic mass is 10.1. The van der Waals surface area contributed by atoms with E-state index < -0.39 is 12.2 Å². The Morgan fingerprint density at radius 2 is 1.97 bits per heavy atom. The maximum Gasteiger partial charge on any atom is 0.142 e. The Bertz CT molecular complexity index is 736. The number of hydrogen-bond donors (Lipinski definition) is 2. The predicted molar refractivity (Wildman–Crippen MR) is 112 cm³/mol. The fraction of sp³-hybridized carbons (Fsp3) is 0.591. The van der Waals surface area contributed by atoms with Gasteiger partial charge in [0.15, 0.2) is 0 Å². The molecule has 7 nitrogen and oxygen atoms in total. The maximum absolute atomic E-state index is 10.4. The van der Waals surface area contributed by atoms with Gasteiger partial charge >= 0.3 is 0 Å². The highest BCUT2D eigenvalue weighted by Crippen LogP contribution is 2.30. The van der Waals surface area contributed by atoms with Gasteiger partial charge in [-0.2, -0.15) is 0 Å². The second-order valence-electron chi connectivity index (χ2n) is 7.48. The van der Waals surface area contributed by atoms with Gasteiger partial charge in [-0.15, -0.1) is 0 Å². The molecule has 2 aromatic rings. The zero-order chi connectivity index (χ0) is 20.5. The number of aromatic nitrogens is 2. The van der Waals surface area contributed by atoms with Crippen LogP contribution in [0.5, 0.6) is 5.75 Å². The summed E-state index contributed by atoms with van der Waals surface area (Å²) in [7, 11) is 0. The molecule has 1 aromatic carbocycles. The van der Waals surface area contributed by atoms with Gasteiger partial charge in [-0.25, -0.2) is 4.98 Å². The average molecular weight is 404 g/mol. The van der Waals surface area contributed by atoms with Gasteiger partial charge in [-0.1, -0.05) is 19.1 Å². The first-order valence-corrected chi connectivity index (χ1v) is 10.6. The third-order valence-corrected chi connectivity index (χ3v) is 5.17. The lowest BCUT2D eigenvalue weighted by molar-refractivity contribution is -0.0405. The molecule has 160 valence electrons. The van der Waals surface area contributed by atoms with Crippen molar-refractivity contribution in [1.29, 1.82) is 0 Å². The molecule has 0 saturated carbocycles. The Labute approximate surface area is 172 Å². The maximum atomic E-state index is 10.4. The second-order valence-corrected chi connectivity index (χ2v) is 7.48. The largest absolute Gasteiger partial charge is 0.491 e. The number of ether oxygens (including phenoxy) is 2. The average Bonchev–Trinajstić information content (AvgIpc) is 3.16. The minimum atomic E-state index is -0.881. The van der Waals surface area contributed by atoms with Gasteiger partial charge in [0, 0.05) is 32.1 Å². The van der Waals surface area contributed by atoms with Crippen LogP contribution in [0.2, 0.25) is 0 Å². The molecule has 29 heavy (non-hydrogen) atoms.